The van der Waals surface area contributed by atoms with Gasteiger partial charge in [0, 0.05) is 18.4 Å². The summed E-state index contributed by atoms with van der Waals surface area (Å²) in [6, 6.07) is 1.94. The Balaban J connectivity index is 2.65. The Bertz CT molecular complexity index is 362. The number of hydrogen-bond acceptors (Lipinski definition) is 4. The molecule has 1 aromatic rings. The summed E-state index contributed by atoms with van der Waals surface area (Å²) in [5.74, 6) is -0.250. The summed E-state index contributed by atoms with van der Waals surface area (Å²) in [4.78, 5) is 11.6. The largest absolute Gasteiger partial charge is 0.468 e. The molecule has 0 aliphatic heterocycles. The highest BCUT2D eigenvalue weighted by atomic mass is 16.5. The van der Waals surface area contributed by atoms with Gasteiger partial charge in [0.1, 0.15) is 5.54 Å². The first kappa shape index (κ1) is 12.7. The van der Waals surface area contributed by atoms with E-state index < -0.39 is 5.54 Å². The molecule has 0 saturated heterocycles. The molecule has 5 nitrogen and oxygen atoms in total. The molecule has 1 aromatic heterocycles. The van der Waals surface area contributed by atoms with Gasteiger partial charge in [-0.25, -0.2) is 0 Å². The van der Waals surface area contributed by atoms with Crippen LogP contribution >= 0.6 is 0 Å². The minimum Gasteiger partial charge on any atom is -0.468 e. The molecule has 1 rings (SSSR count). The van der Waals surface area contributed by atoms with E-state index in [0.29, 0.717) is 13.0 Å². The van der Waals surface area contributed by atoms with E-state index >= 15 is 0 Å². The van der Waals surface area contributed by atoms with Crippen molar-refractivity contribution in [2.75, 3.05) is 14.2 Å². The average molecular weight is 225 g/mol. The molecule has 1 atom stereocenters. The Kier molecular flexibility index (Phi) is 4.06. The quantitative estimate of drug-likeness (QED) is 0.751. The maximum absolute atomic E-state index is 11.6. The number of rotatable bonds is 5. The van der Waals surface area contributed by atoms with Gasteiger partial charge in [-0.2, -0.15) is 5.10 Å². The number of esters is 1. The molecule has 0 saturated carbocycles. The van der Waals surface area contributed by atoms with Crippen LogP contribution in [0.3, 0.4) is 0 Å². The van der Waals surface area contributed by atoms with Crippen molar-refractivity contribution in [3.63, 3.8) is 0 Å². The van der Waals surface area contributed by atoms with Gasteiger partial charge < -0.3 is 10.1 Å². The number of nitrogens with one attached hydrogen (secondary N) is 1. The molecule has 16 heavy (non-hydrogen) atoms. The summed E-state index contributed by atoms with van der Waals surface area (Å²) in [5.41, 5.74) is 0.427. The van der Waals surface area contributed by atoms with Crippen LogP contribution in [0.2, 0.25) is 0 Å². The molecule has 0 aromatic carbocycles. The van der Waals surface area contributed by atoms with Crippen LogP contribution in [-0.2, 0) is 16.1 Å². The lowest BCUT2D eigenvalue weighted by Gasteiger charge is -2.26. The Morgan fingerprint density at radius 1 is 1.69 bits per heavy atom. The molecule has 5 heteroatoms. The third-order valence-electron chi connectivity index (χ3n) is 2.94. The maximum Gasteiger partial charge on any atom is 0.325 e. The van der Waals surface area contributed by atoms with Crippen molar-refractivity contribution < 1.29 is 9.53 Å². The zero-order valence-corrected chi connectivity index (χ0v) is 10.3. The van der Waals surface area contributed by atoms with Crippen molar-refractivity contribution in [1.82, 2.24) is 15.1 Å². The van der Waals surface area contributed by atoms with Gasteiger partial charge in [-0.3, -0.25) is 9.48 Å². The SMILES string of the molecule is CNC(C)(CCn1nccc1C)C(=O)OC. The van der Waals surface area contributed by atoms with Gasteiger partial charge in [0.25, 0.3) is 0 Å². The van der Waals surface area contributed by atoms with E-state index in [2.05, 4.69) is 10.4 Å². The number of nitrogens with zero attached hydrogens (tertiary/aromatic N) is 2. The Morgan fingerprint density at radius 2 is 2.38 bits per heavy atom. The number of carbonyl (C=O) groups excluding carboxylic acids is 1. The molecule has 0 aliphatic rings. The van der Waals surface area contributed by atoms with E-state index in [1.54, 1.807) is 13.2 Å². The van der Waals surface area contributed by atoms with E-state index in [9.17, 15) is 4.79 Å². The van der Waals surface area contributed by atoms with Crippen molar-refractivity contribution in [3.8, 4) is 0 Å². The van der Waals surface area contributed by atoms with Crippen molar-refractivity contribution in [2.45, 2.75) is 32.4 Å². The molecule has 1 heterocycles. The lowest BCUT2D eigenvalue weighted by Crippen LogP contribution is -2.49. The molecular weight excluding hydrogens is 206 g/mol. The van der Waals surface area contributed by atoms with Crippen LogP contribution in [0.4, 0.5) is 0 Å². The van der Waals surface area contributed by atoms with Crippen LogP contribution in [0.1, 0.15) is 19.0 Å². The second-order valence-corrected chi connectivity index (χ2v) is 4.02. The van der Waals surface area contributed by atoms with Gasteiger partial charge in [-0.1, -0.05) is 0 Å². The van der Waals surface area contributed by atoms with Crippen LogP contribution < -0.4 is 5.32 Å². The van der Waals surface area contributed by atoms with E-state index in [4.69, 9.17) is 4.74 Å². The predicted molar refractivity (Wildman–Crippen MR) is 61.1 cm³/mol. The predicted octanol–water partition coefficient (Wildman–Crippen LogP) is 0.733. The van der Waals surface area contributed by atoms with Gasteiger partial charge >= 0.3 is 5.97 Å². The van der Waals surface area contributed by atoms with Crippen LogP contribution in [0.5, 0.6) is 0 Å². The molecule has 0 bridgehead atoms. The summed E-state index contributed by atoms with van der Waals surface area (Å²) < 4.78 is 6.65. The van der Waals surface area contributed by atoms with Gasteiger partial charge in [-0.15, -0.1) is 0 Å². The number of carbonyl (C=O) groups is 1. The number of aromatic nitrogens is 2. The van der Waals surface area contributed by atoms with Crippen molar-refractivity contribution >= 4 is 5.97 Å². The minimum absolute atomic E-state index is 0.250. The molecule has 0 fully saturated rings. The summed E-state index contributed by atoms with van der Waals surface area (Å²) in [5, 5.41) is 7.17. The fraction of sp³-hybridized carbons (Fsp3) is 0.636. The maximum atomic E-state index is 11.6. The van der Waals surface area contributed by atoms with E-state index in [1.807, 2.05) is 24.6 Å². The first-order valence-corrected chi connectivity index (χ1v) is 5.29. The van der Waals surface area contributed by atoms with Crippen molar-refractivity contribution in [2.24, 2.45) is 0 Å². The molecule has 0 aliphatic carbocycles. The molecule has 0 radical (unpaired) electrons. The molecule has 90 valence electrons. The van der Waals surface area contributed by atoms with Crippen LogP contribution in [0.25, 0.3) is 0 Å². The van der Waals surface area contributed by atoms with E-state index in [-0.39, 0.29) is 5.97 Å². The van der Waals surface area contributed by atoms with E-state index in [1.165, 1.54) is 7.11 Å². The smallest absolute Gasteiger partial charge is 0.325 e. The molecule has 1 unspecified atom stereocenters. The second kappa shape index (κ2) is 5.12. The number of aryl methyl sites for hydroxylation is 2. The summed E-state index contributed by atoms with van der Waals surface area (Å²) in [7, 11) is 3.16. The van der Waals surface area contributed by atoms with Crippen LogP contribution in [0.15, 0.2) is 12.3 Å². The van der Waals surface area contributed by atoms with Gasteiger partial charge in [0.15, 0.2) is 0 Å². The van der Waals surface area contributed by atoms with Gasteiger partial charge in [0.2, 0.25) is 0 Å². The third-order valence-corrected chi connectivity index (χ3v) is 2.94. The molecular formula is C11H19N3O2. The summed E-state index contributed by atoms with van der Waals surface area (Å²) in [6.45, 7) is 4.50. The van der Waals surface area contributed by atoms with E-state index in [0.717, 1.165) is 5.69 Å². The number of methoxy groups -OCH3 is 1. The standard InChI is InChI=1S/C11H19N3O2/c1-9-5-7-13-14(9)8-6-11(2,12-3)10(15)16-4/h5,7,12H,6,8H2,1-4H3. The molecule has 0 spiro atoms. The third kappa shape index (κ3) is 2.61. The average Bonchev–Trinajstić information content (AvgIpc) is 2.70. The number of likely N-dealkylation sites (N-methyl/N-ethyl adjacent to an activating group) is 1. The zero-order valence-electron chi connectivity index (χ0n) is 10.3. The minimum atomic E-state index is -0.660. The van der Waals surface area contributed by atoms with Gasteiger partial charge in [-0.05, 0) is 33.4 Å². The first-order valence-electron chi connectivity index (χ1n) is 5.29. The van der Waals surface area contributed by atoms with Crippen molar-refractivity contribution in [1.29, 1.82) is 0 Å². The van der Waals surface area contributed by atoms with Crippen molar-refractivity contribution in [3.05, 3.63) is 18.0 Å². The van der Waals surface area contributed by atoms with Gasteiger partial charge in [0.05, 0.1) is 7.11 Å². The highest BCUT2D eigenvalue weighted by molar-refractivity contribution is 5.80. The summed E-state index contributed by atoms with van der Waals surface area (Å²) in [6.07, 6.45) is 2.39. The molecule has 0 amide bonds. The Hall–Kier alpha value is -1.36. The summed E-state index contributed by atoms with van der Waals surface area (Å²) >= 11 is 0. The molecule has 1 N–H and O–H groups in total. The second-order valence-electron chi connectivity index (χ2n) is 4.02. The van der Waals surface area contributed by atoms with Crippen LogP contribution in [-0.4, -0.2) is 35.4 Å². The Morgan fingerprint density at radius 3 is 2.81 bits per heavy atom. The fourth-order valence-electron chi connectivity index (χ4n) is 1.52. The number of hydrogen-bond donors (Lipinski definition) is 1. The lowest BCUT2D eigenvalue weighted by molar-refractivity contribution is -0.148. The highest BCUT2D eigenvalue weighted by Gasteiger charge is 2.32. The fourth-order valence-corrected chi connectivity index (χ4v) is 1.52. The normalized spacial score (nSPS) is 14.5. The lowest BCUT2D eigenvalue weighted by atomic mass is 9.98. The zero-order chi connectivity index (χ0) is 12.2. The van der Waals surface area contributed by atoms with Crippen LogP contribution in [0, 0.1) is 6.92 Å². The highest BCUT2D eigenvalue weighted by Crippen LogP contribution is 2.13. The monoisotopic (exact) mass is 225 g/mol. The Labute approximate surface area is 95.8 Å². The topological polar surface area (TPSA) is 56.2 Å². The number of ether oxygens (including phenoxy) is 1. The first-order chi connectivity index (χ1) is 7.53.